The van der Waals surface area contributed by atoms with E-state index in [0.717, 1.165) is 23.7 Å². The van der Waals surface area contributed by atoms with Crippen molar-refractivity contribution in [1.82, 2.24) is 14.7 Å². The summed E-state index contributed by atoms with van der Waals surface area (Å²) < 4.78 is 13.3. The Labute approximate surface area is 135 Å². The number of nitrogens with zero attached hydrogens (tertiary/aromatic N) is 3. The number of amides is 1. The summed E-state index contributed by atoms with van der Waals surface area (Å²) in [6.07, 6.45) is 1.91. The van der Waals surface area contributed by atoms with E-state index in [1.807, 2.05) is 36.2 Å². The highest BCUT2D eigenvalue weighted by Crippen LogP contribution is 2.33. The van der Waals surface area contributed by atoms with Crippen molar-refractivity contribution in [3.8, 4) is 0 Å². The van der Waals surface area contributed by atoms with Crippen molar-refractivity contribution in [2.24, 2.45) is 7.05 Å². The summed E-state index contributed by atoms with van der Waals surface area (Å²) in [6.45, 7) is 1.14. The average molecular weight is 315 g/mol. The molecule has 2 aromatic rings. The summed E-state index contributed by atoms with van der Waals surface area (Å²) in [4.78, 5) is 15.1. The minimum atomic E-state index is -0.0450. The lowest BCUT2D eigenvalue weighted by Crippen LogP contribution is -2.46. The van der Waals surface area contributed by atoms with Crippen molar-refractivity contribution >= 4 is 16.8 Å². The Bertz CT molecular complexity index is 742. The van der Waals surface area contributed by atoms with Crippen molar-refractivity contribution in [1.29, 1.82) is 0 Å². The predicted molar refractivity (Wildman–Crippen MR) is 85.3 cm³/mol. The van der Waals surface area contributed by atoms with Gasteiger partial charge in [0.1, 0.15) is 6.10 Å². The zero-order chi connectivity index (χ0) is 16.0. The third-order valence-corrected chi connectivity index (χ3v) is 5.05. The van der Waals surface area contributed by atoms with E-state index in [9.17, 15) is 4.79 Å². The Morgan fingerprint density at radius 1 is 1.35 bits per heavy atom. The molecule has 1 aliphatic heterocycles. The SMILES string of the molecule is COC1C2CCC1N(C(=O)c1nn(C)c3ccccc13)CCO2. The molecule has 4 rings (SSSR count). The van der Waals surface area contributed by atoms with E-state index in [2.05, 4.69) is 5.10 Å². The van der Waals surface area contributed by atoms with Crippen molar-refractivity contribution in [3.05, 3.63) is 30.0 Å². The summed E-state index contributed by atoms with van der Waals surface area (Å²) in [5.41, 5.74) is 1.48. The molecule has 1 saturated heterocycles. The van der Waals surface area contributed by atoms with Gasteiger partial charge in [-0.15, -0.1) is 0 Å². The Morgan fingerprint density at radius 3 is 3.00 bits per heavy atom. The van der Waals surface area contributed by atoms with E-state index in [4.69, 9.17) is 9.47 Å². The number of benzene rings is 1. The molecule has 3 atom stereocenters. The van der Waals surface area contributed by atoms with Crippen LogP contribution in [0.1, 0.15) is 23.3 Å². The largest absolute Gasteiger partial charge is 0.377 e. The summed E-state index contributed by atoms with van der Waals surface area (Å²) in [5.74, 6) is -0.0278. The molecule has 2 heterocycles. The fourth-order valence-corrected chi connectivity index (χ4v) is 3.96. The number of aromatic nitrogens is 2. The van der Waals surface area contributed by atoms with Gasteiger partial charge in [-0.2, -0.15) is 5.10 Å². The van der Waals surface area contributed by atoms with Gasteiger partial charge in [0.25, 0.3) is 5.91 Å². The van der Waals surface area contributed by atoms with E-state index in [0.29, 0.717) is 18.8 Å². The number of ether oxygens (including phenoxy) is 2. The second-order valence-corrected chi connectivity index (χ2v) is 6.24. The molecule has 0 spiro atoms. The molecular formula is C17H21N3O3. The lowest BCUT2D eigenvalue weighted by Gasteiger charge is -2.30. The van der Waals surface area contributed by atoms with Gasteiger partial charge in [-0.3, -0.25) is 9.48 Å². The molecule has 3 unspecified atom stereocenters. The van der Waals surface area contributed by atoms with Crippen LogP contribution in [0.15, 0.2) is 24.3 Å². The maximum Gasteiger partial charge on any atom is 0.275 e. The minimum absolute atomic E-state index is 0.0278. The Morgan fingerprint density at radius 2 is 2.17 bits per heavy atom. The maximum atomic E-state index is 13.2. The smallest absolute Gasteiger partial charge is 0.275 e. The fraction of sp³-hybridized carbons (Fsp3) is 0.529. The third-order valence-electron chi connectivity index (χ3n) is 5.05. The van der Waals surface area contributed by atoms with E-state index < -0.39 is 0 Å². The number of fused-ring (bicyclic) bond motifs is 3. The van der Waals surface area contributed by atoms with Gasteiger partial charge in [0.05, 0.1) is 24.3 Å². The molecule has 6 nitrogen and oxygen atoms in total. The molecule has 0 N–H and O–H groups in total. The van der Waals surface area contributed by atoms with Crippen molar-refractivity contribution < 1.29 is 14.3 Å². The van der Waals surface area contributed by atoms with E-state index in [1.165, 1.54) is 0 Å². The monoisotopic (exact) mass is 315 g/mol. The number of carbonyl (C=O) groups is 1. The van der Waals surface area contributed by atoms with Crippen LogP contribution in [-0.4, -0.2) is 59.1 Å². The molecule has 2 aliphatic rings. The molecule has 122 valence electrons. The topological polar surface area (TPSA) is 56.6 Å². The van der Waals surface area contributed by atoms with Gasteiger partial charge in [0.15, 0.2) is 5.69 Å². The third kappa shape index (κ3) is 2.24. The lowest BCUT2D eigenvalue weighted by molar-refractivity contribution is -0.0316. The number of para-hydroxylation sites is 1. The van der Waals surface area contributed by atoms with Crippen LogP contribution in [0.4, 0.5) is 0 Å². The van der Waals surface area contributed by atoms with Crippen LogP contribution in [0.5, 0.6) is 0 Å². The van der Waals surface area contributed by atoms with Crippen molar-refractivity contribution in [2.75, 3.05) is 20.3 Å². The number of aryl methyl sites for hydroxylation is 1. The van der Waals surface area contributed by atoms with E-state index in [-0.39, 0.29) is 24.2 Å². The number of hydrogen-bond acceptors (Lipinski definition) is 4. The molecule has 1 saturated carbocycles. The first-order valence-corrected chi connectivity index (χ1v) is 8.08. The van der Waals surface area contributed by atoms with Crippen LogP contribution in [0.3, 0.4) is 0 Å². The second kappa shape index (κ2) is 5.62. The summed E-state index contributed by atoms with van der Waals surface area (Å²) >= 11 is 0. The number of hydrogen-bond donors (Lipinski definition) is 0. The number of methoxy groups -OCH3 is 1. The van der Waals surface area contributed by atoms with E-state index in [1.54, 1.807) is 11.8 Å². The first-order valence-electron chi connectivity index (χ1n) is 8.08. The lowest BCUT2D eigenvalue weighted by atomic mass is 10.1. The zero-order valence-electron chi connectivity index (χ0n) is 13.4. The molecule has 1 aliphatic carbocycles. The van der Waals surface area contributed by atoms with Crippen LogP contribution < -0.4 is 0 Å². The molecule has 1 aromatic heterocycles. The molecule has 23 heavy (non-hydrogen) atoms. The molecule has 0 radical (unpaired) electrons. The molecule has 1 aromatic carbocycles. The van der Waals surface area contributed by atoms with E-state index >= 15 is 0 Å². The van der Waals surface area contributed by atoms with Crippen LogP contribution in [-0.2, 0) is 16.5 Å². The summed E-state index contributed by atoms with van der Waals surface area (Å²) in [6, 6.07) is 7.90. The first-order chi connectivity index (χ1) is 11.2. The van der Waals surface area contributed by atoms with Gasteiger partial charge in [0, 0.05) is 26.1 Å². The van der Waals surface area contributed by atoms with Crippen LogP contribution in [0.2, 0.25) is 0 Å². The molecule has 2 bridgehead atoms. The fourth-order valence-electron chi connectivity index (χ4n) is 3.96. The van der Waals surface area contributed by atoms with Gasteiger partial charge >= 0.3 is 0 Å². The predicted octanol–water partition coefficient (Wildman–Crippen LogP) is 1.59. The molecule has 1 amide bonds. The first kappa shape index (κ1) is 14.7. The Balaban J connectivity index is 1.72. The number of rotatable bonds is 2. The van der Waals surface area contributed by atoms with Gasteiger partial charge in [-0.1, -0.05) is 18.2 Å². The highest BCUT2D eigenvalue weighted by Gasteiger charge is 2.44. The Kier molecular flexibility index (Phi) is 3.58. The van der Waals surface area contributed by atoms with Gasteiger partial charge < -0.3 is 14.4 Å². The highest BCUT2D eigenvalue weighted by atomic mass is 16.5. The van der Waals surface area contributed by atoms with Gasteiger partial charge in [-0.05, 0) is 18.9 Å². The summed E-state index contributed by atoms with van der Waals surface area (Å²) in [7, 11) is 3.57. The number of carbonyl (C=O) groups excluding carboxylic acids is 1. The Hall–Kier alpha value is -1.92. The quantitative estimate of drug-likeness (QED) is 0.844. The zero-order valence-corrected chi connectivity index (χ0v) is 13.4. The highest BCUT2D eigenvalue weighted by molar-refractivity contribution is 6.05. The molecule has 6 heteroatoms. The average Bonchev–Trinajstić information content (AvgIpc) is 3.05. The maximum absolute atomic E-state index is 13.2. The van der Waals surface area contributed by atoms with Gasteiger partial charge in [0.2, 0.25) is 0 Å². The van der Waals surface area contributed by atoms with Crippen LogP contribution >= 0.6 is 0 Å². The van der Waals surface area contributed by atoms with Gasteiger partial charge in [-0.25, -0.2) is 0 Å². The van der Waals surface area contributed by atoms with Crippen LogP contribution in [0, 0.1) is 0 Å². The standard InChI is InChI=1S/C17H21N3O3/c1-19-12-6-4-3-5-11(12)15(18-19)17(21)20-9-10-23-14-8-7-13(20)16(14)22-2/h3-6,13-14,16H,7-10H2,1-2H3. The van der Waals surface area contributed by atoms with Crippen LogP contribution in [0.25, 0.3) is 10.9 Å². The normalized spacial score (nSPS) is 27.4. The molecule has 2 fully saturated rings. The summed E-state index contributed by atoms with van der Waals surface area (Å²) in [5, 5.41) is 5.37. The van der Waals surface area contributed by atoms with Crippen molar-refractivity contribution in [2.45, 2.75) is 31.1 Å². The van der Waals surface area contributed by atoms with Crippen molar-refractivity contribution in [3.63, 3.8) is 0 Å². The second-order valence-electron chi connectivity index (χ2n) is 6.24. The molecular weight excluding hydrogens is 294 g/mol. The minimum Gasteiger partial charge on any atom is -0.377 e.